The zero-order valence-corrected chi connectivity index (χ0v) is 12.7. The molecular weight excluding hydrogens is 300 g/mol. The van der Waals surface area contributed by atoms with Crippen LogP contribution in [0.25, 0.3) is 0 Å². The molecule has 0 unspecified atom stereocenters. The van der Waals surface area contributed by atoms with Gasteiger partial charge in [-0.15, -0.1) is 11.3 Å². The highest BCUT2D eigenvalue weighted by molar-refractivity contribution is 7.14. The molecule has 0 fully saturated rings. The maximum atomic E-state index is 12.1. The predicted molar refractivity (Wildman–Crippen MR) is 84.0 cm³/mol. The van der Waals surface area contributed by atoms with Crippen molar-refractivity contribution >= 4 is 28.2 Å². The van der Waals surface area contributed by atoms with Crippen molar-refractivity contribution in [1.29, 1.82) is 0 Å². The van der Waals surface area contributed by atoms with Gasteiger partial charge >= 0.3 is 0 Å². The lowest BCUT2D eigenvalue weighted by Crippen LogP contribution is -2.23. The Bertz CT molecular complexity index is 767. The molecule has 0 aliphatic carbocycles. The summed E-state index contributed by atoms with van der Waals surface area (Å²) >= 11 is 1.37. The maximum Gasteiger partial charge on any atom is 0.271 e. The van der Waals surface area contributed by atoms with Crippen molar-refractivity contribution in [2.75, 3.05) is 5.32 Å². The number of amides is 1. The van der Waals surface area contributed by atoms with Gasteiger partial charge in [0.2, 0.25) is 0 Å². The molecule has 3 rings (SSSR count). The lowest BCUT2D eigenvalue weighted by molar-refractivity contribution is 0.0946. The quantitative estimate of drug-likeness (QED) is 0.752. The summed E-state index contributed by atoms with van der Waals surface area (Å²) in [7, 11) is 1.83. The number of carbonyl (C=O) groups is 1. The number of rotatable bonds is 5. The highest BCUT2D eigenvalue weighted by Crippen LogP contribution is 2.20. The molecule has 3 aromatic rings. The summed E-state index contributed by atoms with van der Waals surface area (Å²) in [4.78, 5) is 20.4. The van der Waals surface area contributed by atoms with Crippen LogP contribution in [0.5, 0.6) is 0 Å². The van der Waals surface area contributed by atoms with E-state index in [0.29, 0.717) is 17.4 Å². The average Bonchev–Trinajstić information content (AvgIpc) is 3.16. The fourth-order valence-electron chi connectivity index (χ4n) is 1.82. The minimum absolute atomic E-state index is 0.210. The Hall–Kier alpha value is -2.74. The predicted octanol–water partition coefficient (Wildman–Crippen LogP) is 1.95. The van der Waals surface area contributed by atoms with Crippen molar-refractivity contribution in [3.05, 3.63) is 53.4 Å². The second-order valence-electron chi connectivity index (χ2n) is 4.55. The van der Waals surface area contributed by atoms with Crippen LogP contribution in [0.3, 0.4) is 0 Å². The van der Waals surface area contributed by atoms with Crippen LogP contribution in [-0.4, -0.2) is 25.7 Å². The molecule has 112 valence electrons. The van der Waals surface area contributed by atoms with Crippen LogP contribution in [0, 0.1) is 0 Å². The van der Waals surface area contributed by atoms with Crippen LogP contribution in [0.1, 0.15) is 16.1 Å². The molecule has 2 N–H and O–H groups in total. The van der Waals surface area contributed by atoms with E-state index in [1.54, 1.807) is 28.7 Å². The molecule has 22 heavy (non-hydrogen) atoms. The van der Waals surface area contributed by atoms with E-state index in [0.717, 1.165) is 11.4 Å². The number of thiazole rings is 1. The molecule has 3 heterocycles. The van der Waals surface area contributed by atoms with Gasteiger partial charge in [0, 0.05) is 37.4 Å². The molecule has 0 bridgehead atoms. The van der Waals surface area contributed by atoms with Gasteiger partial charge in [0.15, 0.2) is 5.13 Å². The van der Waals surface area contributed by atoms with Crippen LogP contribution < -0.4 is 10.6 Å². The number of hydrogen-bond donors (Lipinski definition) is 2. The molecule has 0 aliphatic rings. The van der Waals surface area contributed by atoms with E-state index in [1.807, 2.05) is 25.2 Å². The minimum atomic E-state index is -0.210. The van der Waals surface area contributed by atoms with Gasteiger partial charge in [0.25, 0.3) is 5.91 Å². The number of nitrogens with one attached hydrogen (secondary N) is 2. The number of anilines is 2. The summed E-state index contributed by atoms with van der Waals surface area (Å²) in [5.74, 6) is 0.606. The Balaban J connectivity index is 1.61. The molecule has 0 atom stereocenters. The van der Waals surface area contributed by atoms with E-state index in [2.05, 4.69) is 25.7 Å². The normalized spacial score (nSPS) is 10.4. The Kier molecular flexibility index (Phi) is 4.10. The molecule has 0 saturated heterocycles. The van der Waals surface area contributed by atoms with Crippen LogP contribution >= 0.6 is 11.3 Å². The van der Waals surface area contributed by atoms with Gasteiger partial charge in [0.1, 0.15) is 11.5 Å². The van der Waals surface area contributed by atoms with E-state index < -0.39 is 0 Å². The first kappa shape index (κ1) is 14.2. The highest BCUT2D eigenvalue weighted by Gasteiger charge is 2.11. The Morgan fingerprint density at radius 3 is 3.00 bits per heavy atom. The Morgan fingerprint density at radius 2 is 2.27 bits per heavy atom. The summed E-state index contributed by atoms with van der Waals surface area (Å²) in [6.45, 7) is 0.425. The van der Waals surface area contributed by atoms with Gasteiger partial charge in [-0.05, 0) is 11.6 Å². The van der Waals surface area contributed by atoms with E-state index in [9.17, 15) is 4.79 Å². The zero-order chi connectivity index (χ0) is 15.4. The first-order valence-corrected chi connectivity index (χ1v) is 7.48. The third kappa shape index (κ3) is 3.29. The summed E-state index contributed by atoms with van der Waals surface area (Å²) in [6.07, 6.45) is 5.11. The second kappa shape index (κ2) is 6.35. The van der Waals surface area contributed by atoms with Gasteiger partial charge in [-0.3, -0.25) is 14.5 Å². The number of nitrogens with zero attached hydrogens (tertiary/aromatic N) is 4. The highest BCUT2D eigenvalue weighted by atomic mass is 32.1. The number of pyridine rings is 1. The number of aromatic nitrogens is 4. The number of hydrogen-bond acceptors (Lipinski definition) is 6. The van der Waals surface area contributed by atoms with Crippen LogP contribution in [-0.2, 0) is 13.6 Å². The first-order valence-electron chi connectivity index (χ1n) is 6.60. The zero-order valence-electron chi connectivity index (χ0n) is 11.9. The molecule has 0 spiro atoms. The molecule has 0 aliphatic heterocycles. The van der Waals surface area contributed by atoms with Crippen molar-refractivity contribution in [3.63, 3.8) is 0 Å². The SMILES string of the molecule is Cn1nccc1Nc1nc(C(=O)NCc2cccnc2)cs1. The average molecular weight is 314 g/mol. The van der Waals surface area contributed by atoms with Gasteiger partial charge < -0.3 is 10.6 Å². The smallest absolute Gasteiger partial charge is 0.271 e. The van der Waals surface area contributed by atoms with Gasteiger partial charge in [-0.1, -0.05) is 6.07 Å². The molecule has 0 saturated carbocycles. The van der Waals surface area contributed by atoms with Crippen molar-refractivity contribution in [3.8, 4) is 0 Å². The monoisotopic (exact) mass is 314 g/mol. The number of aryl methyl sites for hydroxylation is 1. The van der Waals surface area contributed by atoms with Crippen LogP contribution in [0.2, 0.25) is 0 Å². The fourth-order valence-corrected chi connectivity index (χ4v) is 2.51. The van der Waals surface area contributed by atoms with Gasteiger partial charge in [-0.25, -0.2) is 4.98 Å². The van der Waals surface area contributed by atoms with Crippen molar-refractivity contribution < 1.29 is 4.79 Å². The third-order valence-electron chi connectivity index (χ3n) is 2.97. The summed E-state index contributed by atoms with van der Waals surface area (Å²) in [5, 5.41) is 12.4. The molecule has 7 nitrogen and oxygen atoms in total. The maximum absolute atomic E-state index is 12.1. The number of carbonyl (C=O) groups excluding carboxylic acids is 1. The molecule has 8 heteroatoms. The molecule has 0 aromatic carbocycles. The second-order valence-corrected chi connectivity index (χ2v) is 5.41. The van der Waals surface area contributed by atoms with E-state index in [-0.39, 0.29) is 5.91 Å². The van der Waals surface area contributed by atoms with Crippen molar-refractivity contribution in [2.24, 2.45) is 7.05 Å². The third-order valence-corrected chi connectivity index (χ3v) is 3.73. The summed E-state index contributed by atoms with van der Waals surface area (Å²) < 4.78 is 1.70. The summed E-state index contributed by atoms with van der Waals surface area (Å²) in [5.41, 5.74) is 1.33. The van der Waals surface area contributed by atoms with Gasteiger partial charge in [0.05, 0.1) is 6.20 Å². The van der Waals surface area contributed by atoms with Crippen LogP contribution in [0.4, 0.5) is 10.9 Å². The topological polar surface area (TPSA) is 84.7 Å². The lowest BCUT2D eigenvalue weighted by atomic mass is 10.3. The van der Waals surface area contributed by atoms with E-state index in [1.165, 1.54) is 11.3 Å². The fraction of sp³-hybridized carbons (Fsp3) is 0.143. The van der Waals surface area contributed by atoms with E-state index >= 15 is 0 Å². The van der Waals surface area contributed by atoms with E-state index in [4.69, 9.17) is 0 Å². The molecule has 1 amide bonds. The minimum Gasteiger partial charge on any atom is -0.347 e. The van der Waals surface area contributed by atoms with Crippen molar-refractivity contribution in [1.82, 2.24) is 25.1 Å². The van der Waals surface area contributed by atoms with Crippen LogP contribution in [0.15, 0.2) is 42.2 Å². The first-order chi connectivity index (χ1) is 10.7. The largest absolute Gasteiger partial charge is 0.347 e. The molecular formula is C14H14N6OS. The van der Waals surface area contributed by atoms with Gasteiger partial charge in [-0.2, -0.15) is 5.10 Å². The Labute approximate surface area is 131 Å². The molecule has 0 radical (unpaired) electrons. The lowest BCUT2D eigenvalue weighted by Gasteiger charge is -2.03. The molecule has 3 aromatic heterocycles. The van der Waals surface area contributed by atoms with Crippen molar-refractivity contribution in [2.45, 2.75) is 6.54 Å². The standard InChI is InChI=1S/C14H14N6OS/c1-20-12(4-6-17-20)19-14-18-11(9-22-14)13(21)16-8-10-3-2-5-15-7-10/h2-7,9H,8H2,1H3,(H,16,21)(H,18,19). The Morgan fingerprint density at radius 1 is 1.36 bits per heavy atom. The summed E-state index contributed by atoms with van der Waals surface area (Å²) in [6, 6.07) is 5.58.